The van der Waals surface area contributed by atoms with Crippen LogP contribution in [-0.2, 0) is 18.4 Å². The summed E-state index contributed by atoms with van der Waals surface area (Å²) >= 11 is 0. The predicted octanol–water partition coefficient (Wildman–Crippen LogP) is 1.88. The van der Waals surface area contributed by atoms with Crippen molar-refractivity contribution >= 4 is 27.7 Å². The molecule has 2 aromatic heterocycles. The molecule has 1 fully saturated rings. The first-order valence-electron chi connectivity index (χ1n) is 10.0. The van der Waals surface area contributed by atoms with E-state index < -0.39 is 0 Å². The number of fused-ring (bicyclic) bond motifs is 3. The molecule has 28 heavy (non-hydrogen) atoms. The van der Waals surface area contributed by atoms with Gasteiger partial charge in [0.15, 0.2) is 0 Å². The van der Waals surface area contributed by atoms with Gasteiger partial charge in [-0.3, -0.25) is 9.59 Å². The van der Waals surface area contributed by atoms with Crippen LogP contribution in [0.15, 0.2) is 35.3 Å². The second-order valence-electron chi connectivity index (χ2n) is 7.67. The van der Waals surface area contributed by atoms with Crippen LogP contribution in [0.25, 0.3) is 21.8 Å². The van der Waals surface area contributed by atoms with E-state index in [1.54, 1.807) is 13.2 Å². The topological polar surface area (TPSA) is 72.2 Å². The zero-order chi connectivity index (χ0) is 19.7. The summed E-state index contributed by atoms with van der Waals surface area (Å²) in [5.41, 5.74) is 1.21. The second-order valence-corrected chi connectivity index (χ2v) is 7.67. The van der Waals surface area contributed by atoms with E-state index in [1.807, 2.05) is 28.8 Å². The Hall–Kier alpha value is -2.67. The molecule has 1 aliphatic heterocycles. The molecule has 4 rings (SSSR count). The Balaban J connectivity index is 1.52. The number of carbonyl (C=O) groups excluding carboxylic acids is 1. The Labute approximate surface area is 163 Å². The van der Waals surface area contributed by atoms with Crippen LogP contribution in [0.1, 0.15) is 26.2 Å². The fraction of sp³-hybridized carbons (Fsp3) is 0.476. The molecule has 1 N–H and O–H groups in total. The minimum absolute atomic E-state index is 0.0739. The largest absolute Gasteiger partial charge is 0.354 e. The number of carbonyl (C=O) groups is 1. The third-order valence-electron chi connectivity index (χ3n) is 5.82. The summed E-state index contributed by atoms with van der Waals surface area (Å²) in [7, 11) is 1.63. The number of para-hydroxylation sites is 1. The Morgan fingerprint density at radius 3 is 2.75 bits per heavy atom. The minimum atomic E-state index is -0.191. The van der Waals surface area contributed by atoms with Crippen LogP contribution in [0.2, 0.25) is 0 Å². The van der Waals surface area contributed by atoms with Crippen LogP contribution >= 0.6 is 0 Å². The number of benzene rings is 1. The first-order chi connectivity index (χ1) is 13.6. The quantitative estimate of drug-likeness (QED) is 0.708. The molecule has 0 bridgehead atoms. The lowest BCUT2D eigenvalue weighted by Crippen LogP contribution is -2.35. The van der Waals surface area contributed by atoms with E-state index in [1.165, 1.54) is 17.5 Å². The molecule has 3 heterocycles. The van der Waals surface area contributed by atoms with Gasteiger partial charge >= 0.3 is 0 Å². The summed E-state index contributed by atoms with van der Waals surface area (Å²) in [4.78, 5) is 27.8. The van der Waals surface area contributed by atoms with Crippen molar-refractivity contribution < 1.29 is 4.79 Å². The average Bonchev–Trinajstić information content (AvgIpc) is 3.32. The zero-order valence-corrected chi connectivity index (χ0v) is 16.5. The van der Waals surface area contributed by atoms with Crippen LogP contribution < -0.4 is 10.9 Å². The molecule has 1 saturated heterocycles. The van der Waals surface area contributed by atoms with Crippen molar-refractivity contribution in [1.82, 2.24) is 24.6 Å². The first kappa shape index (κ1) is 18.7. The van der Waals surface area contributed by atoms with E-state index in [0.717, 1.165) is 35.8 Å². The molecule has 148 valence electrons. The van der Waals surface area contributed by atoms with Crippen molar-refractivity contribution in [3.05, 3.63) is 40.8 Å². The molecule has 7 nitrogen and oxygen atoms in total. The number of nitrogens with one attached hydrogen (secondary N) is 1. The summed E-state index contributed by atoms with van der Waals surface area (Å²) in [6.45, 7) is 5.32. The normalized spacial score (nSPS) is 16.1. The van der Waals surface area contributed by atoms with Gasteiger partial charge in [0.1, 0.15) is 12.1 Å². The van der Waals surface area contributed by atoms with E-state index in [9.17, 15) is 9.59 Å². The predicted molar refractivity (Wildman–Crippen MR) is 110 cm³/mol. The SMILES string of the molecule is CC(CCNC(=O)Cn1c2ccccc2c2cnn(C)c(=O)c21)N1CCCC1. The van der Waals surface area contributed by atoms with Crippen molar-refractivity contribution in [2.75, 3.05) is 19.6 Å². The van der Waals surface area contributed by atoms with Gasteiger partial charge in [0.25, 0.3) is 5.56 Å². The number of nitrogens with zero attached hydrogens (tertiary/aromatic N) is 4. The lowest BCUT2D eigenvalue weighted by atomic mass is 10.2. The Kier molecular flexibility index (Phi) is 5.17. The Bertz CT molecular complexity index is 1060. The molecule has 0 aliphatic carbocycles. The van der Waals surface area contributed by atoms with E-state index in [0.29, 0.717) is 18.1 Å². The summed E-state index contributed by atoms with van der Waals surface area (Å²) in [5, 5.41) is 8.90. The summed E-state index contributed by atoms with van der Waals surface area (Å²) < 4.78 is 3.13. The molecule has 7 heteroatoms. The smallest absolute Gasteiger partial charge is 0.291 e. The van der Waals surface area contributed by atoms with Gasteiger partial charge in [-0.05, 0) is 45.3 Å². The van der Waals surface area contributed by atoms with E-state index >= 15 is 0 Å². The maximum atomic E-state index is 12.7. The van der Waals surface area contributed by atoms with Gasteiger partial charge in [-0.15, -0.1) is 0 Å². The third kappa shape index (κ3) is 3.42. The number of aryl methyl sites for hydroxylation is 1. The maximum absolute atomic E-state index is 12.7. The van der Waals surface area contributed by atoms with Crippen molar-refractivity contribution in [3.63, 3.8) is 0 Å². The first-order valence-corrected chi connectivity index (χ1v) is 10.0. The van der Waals surface area contributed by atoms with Gasteiger partial charge < -0.3 is 14.8 Å². The molecule has 0 saturated carbocycles. The standard InChI is InChI=1S/C21H27N5O2/c1-15(25-11-5-6-12-25)9-10-22-19(27)14-26-18-8-4-3-7-16(18)17-13-23-24(2)21(28)20(17)26/h3-4,7-8,13,15H,5-6,9-12,14H2,1-2H3,(H,22,27). The van der Waals surface area contributed by atoms with Crippen LogP contribution in [0.5, 0.6) is 0 Å². The lowest BCUT2D eigenvalue weighted by Gasteiger charge is -2.23. The van der Waals surface area contributed by atoms with Gasteiger partial charge in [0.05, 0.1) is 6.20 Å². The third-order valence-corrected chi connectivity index (χ3v) is 5.82. The molecular weight excluding hydrogens is 354 g/mol. The second kappa shape index (κ2) is 7.75. The van der Waals surface area contributed by atoms with E-state index in [4.69, 9.17) is 0 Å². The number of rotatable bonds is 6. The Morgan fingerprint density at radius 1 is 1.21 bits per heavy atom. The van der Waals surface area contributed by atoms with Gasteiger partial charge in [0.2, 0.25) is 5.91 Å². The maximum Gasteiger partial charge on any atom is 0.291 e. The number of likely N-dealkylation sites (tertiary alicyclic amines) is 1. The zero-order valence-electron chi connectivity index (χ0n) is 16.5. The van der Waals surface area contributed by atoms with Crippen molar-refractivity contribution in [3.8, 4) is 0 Å². The lowest BCUT2D eigenvalue weighted by molar-refractivity contribution is -0.121. The summed E-state index contributed by atoms with van der Waals surface area (Å²) in [6.07, 6.45) is 5.18. The molecule has 3 aromatic rings. The number of hydrogen-bond acceptors (Lipinski definition) is 4. The highest BCUT2D eigenvalue weighted by Gasteiger charge is 2.19. The fourth-order valence-corrected chi connectivity index (χ4v) is 4.19. The minimum Gasteiger partial charge on any atom is -0.354 e. The molecule has 1 aromatic carbocycles. The van der Waals surface area contributed by atoms with E-state index in [-0.39, 0.29) is 18.0 Å². The van der Waals surface area contributed by atoms with Crippen LogP contribution in [0, 0.1) is 0 Å². The molecule has 1 unspecified atom stereocenters. The summed E-state index contributed by atoms with van der Waals surface area (Å²) in [6, 6.07) is 8.24. The highest BCUT2D eigenvalue weighted by molar-refractivity contribution is 6.07. The van der Waals surface area contributed by atoms with Gasteiger partial charge in [-0.2, -0.15) is 5.10 Å². The van der Waals surface area contributed by atoms with Crippen LogP contribution in [0.3, 0.4) is 0 Å². The van der Waals surface area contributed by atoms with Crippen LogP contribution in [-0.4, -0.2) is 50.8 Å². The number of aromatic nitrogens is 3. The van der Waals surface area contributed by atoms with Crippen molar-refractivity contribution in [2.45, 2.75) is 38.8 Å². The van der Waals surface area contributed by atoms with E-state index in [2.05, 4.69) is 22.2 Å². The highest BCUT2D eigenvalue weighted by atomic mass is 16.2. The van der Waals surface area contributed by atoms with Crippen LogP contribution in [0.4, 0.5) is 0 Å². The monoisotopic (exact) mass is 381 g/mol. The fourth-order valence-electron chi connectivity index (χ4n) is 4.19. The Morgan fingerprint density at radius 2 is 1.96 bits per heavy atom. The van der Waals surface area contributed by atoms with Gasteiger partial charge in [-0.25, -0.2) is 4.68 Å². The molecule has 1 aliphatic rings. The number of hydrogen-bond donors (Lipinski definition) is 1. The molecular formula is C21H27N5O2. The molecule has 1 atom stereocenters. The molecule has 1 amide bonds. The number of amides is 1. The summed E-state index contributed by atoms with van der Waals surface area (Å²) in [5.74, 6) is -0.0739. The van der Waals surface area contributed by atoms with Crippen molar-refractivity contribution in [2.24, 2.45) is 7.05 Å². The average molecular weight is 381 g/mol. The van der Waals surface area contributed by atoms with Gasteiger partial charge in [-0.1, -0.05) is 18.2 Å². The molecule has 0 spiro atoms. The highest BCUT2D eigenvalue weighted by Crippen LogP contribution is 2.26. The van der Waals surface area contributed by atoms with Crippen molar-refractivity contribution in [1.29, 1.82) is 0 Å². The molecule has 0 radical (unpaired) electrons. The van der Waals surface area contributed by atoms with Gasteiger partial charge in [0, 0.05) is 35.9 Å².